The lowest BCUT2D eigenvalue weighted by atomic mass is 10.3. The van der Waals surface area contributed by atoms with Crippen molar-refractivity contribution >= 4 is 47.5 Å². The van der Waals surface area contributed by atoms with Gasteiger partial charge in [-0.25, -0.2) is 9.59 Å². The zero-order valence-corrected chi connectivity index (χ0v) is 19.7. The number of hydrogen-bond acceptors (Lipinski definition) is 7. The average Bonchev–Trinajstić information content (AvgIpc) is 2.78. The molecule has 0 spiro atoms. The van der Waals surface area contributed by atoms with Crippen LogP contribution in [-0.4, -0.2) is 59.8 Å². The molecular weight excluding hydrogens is 452 g/mol. The molecule has 0 atom stereocenters. The largest absolute Gasteiger partial charge is 0.412 e. The molecule has 0 unspecified atom stereocenters. The highest BCUT2D eigenvalue weighted by Gasteiger charge is 2.03. The molecule has 31 heavy (non-hydrogen) atoms. The highest BCUT2D eigenvalue weighted by molar-refractivity contribution is 8.04. The van der Waals surface area contributed by atoms with Crippen molar-refractivity contribution in [3.8, 4) is 11.5 Å². The Hall–Kier alpha value is -1.97. The summed E-state index contributed by atoms with van der Waals surface area (Å²) in [6.07, 6.45) is -0.831. The van der Waals surface area contributed by atoms with Crippen molar-refractivity contribution in [3.63, 3.8) is 0 Å². The van der Waals surface area contributed by atoms with Crippen LogP contribution in [0.3, 0.4) is 0 Å². The van der Waals surface area contributed by atoms with E-state index in [9.17, 15) is 9.59 Å². The third-order valence-electron chi connectivity index (χ3n) is 3.68. The summed E-state index contributed by atoms with van der Waals surface area (Å²) in [5.74, 6) is 7.10. The Bertz CT molecular complexity index is 687. The number of carbonyl (C=O) groups excluding carboxylic acids is 2. The van der Waals surface area contributed by atoms with E-state index in [2.05, 4.69) is 10.6 Å². The first kappa shape index (κ1) is 25.3. The molecule has 0 aliphatic rings. The fraction of sp³-hybridized carbons (Fsp3) is 0.364. The van der Waals surface area contributed by atoms with Gasteiger partial charge in [0, 0.05) is 47.6 Å². The fourth-order valence-corrected chi connectivity index (χ4v) is 5.25. The average molecular weight is 481 g/mol. The van der Waals surface area contributed by atoms with E-state index in [0.717, 1.165) is 34.5 Å². The van der Waals surface area contributed by atoms with Gasteiger partial charge >= 0.3 is 12.2 Å². The number of ether oxygens (including phenoxy) is 2. The summed E-state index contributed by atoms with van der Waals surface area (Å²) in [5.41, 5.74) is 0. The molecule has 2 aromatic rings. The molecule has 2 aromatic carbocycles. The maximum atomic E-state index is 11.6. The molecule has 0 aliphatic carbocycles. The molecule has 168 valence electrons. The van der Waals surface area contributed by atoms with Gasteiger partial charge in [-0.2, -0.15) is 35.3 Å². The van der Waals surface area contributed by atoms with Gasteiger partial charge in [0.2, 0.25) is 0 Å². The zero-order chi connectivity index (χ0) is 22.0. The lowest BCUT2D eigenvalue weighted by molar-refractivity contribution is 0.200. The Morgan fingerprint density at radius 2 is 0.935 bits per heavy atom. The molecule has 9 heteroatoms. The van der Waals surface area contributed by atoms with Crippen LogP contribution in [0.2, 0.25) is 0 Å². The lowest BCUT2D eigenvalue weighted by Crippen LogP contribution is -2.28. The quantitative estimate of drug-likeness (QED) is 0.377. The Labute approximate surface area is 196 Å². The number of carbonyl (C=O) groups is 2. The molecule has 6 nitrogen and oxygen atoms in total. The van der Waals surface area contributed by atoms with E-state index < -0.39 is 12.2 Å². The van der Waals surface area contributed by atoms with Gasteiger partial charge in [-0.15, -0.1) is 0 Å². The van der Waals surface area contributed by atoms with Crippen LogP contribution >= 0.6 is 35.3 Å². The Morgan fingerprint density at radius 1 is 0.581 bits per heavy atom. The molecule has 2 rings (SSSR count). The van der Waals surface area contributed by atoms with Crippen LogP contribution in [0.1, 0.15) is 0 Å². The third-order valence-corrected chi connectivity index (χ3v) is 7.16. The summed E-state index contributed by atoms with van der Waals surface area (Å²) >= 11 is 5.56. The van der Waals surface area contributed by atoms with E-state index in [1.165, 1.54) is 0 Å². The Morgan fingerprint density at radius 3 is 1.32 bits per heavy atom. The predicted molar refractivity (Wildman–Crippen MR) is 133 cm³/mol. The van der Waals surface area contributed by atoms with Crippen LogP contribution in [0.4, 0.5) is 9.59 Å². The maximum Gasteiger partial charge on any atom is 0.412 e. The molecule has 0 aliphatic heterocycles. The molecule has 0 saturated carbocycles. The summed E-state index contributed by atoms with van der Waals surface area (Å²) < 4.78 is 10.3. The van der Waals surface area contributed by atoms with Crippen LogP contribution in [0, 0.1) is 0 Å². The van der Waals surface area contributed by atoms with Crippen LogP contribution in [0.5, 0.6) is 11.5 Å². The van der Waals surface area contributed by atoms with Crippen LogP contribution < -0.4 is 20.1 Å². The van der Waals surface area contributed by atoms with Gasteiger partial charge < -0.3 is 20.1 Å². The molecule has 0 saturated heterocycles. The molecule has 0 aromatic heterocycles. The van der Waals surface area contributed by atoms with E-state index in [0.29, 0.717) is 24.6 Å². The Balaban J connectivity index is 1.31. The first-order valence-electron chi connectivity index (χ1n) is 9.99. The zero-order valence-electron chi connectivity index (χ0n) is 17.3. The van der Waals surface area contributed by atoms with Gasteiger partial charge in [-0.1, -0.05) is 36.4 Å². The van der Waals surface area contributed by atoms with Crippen molar-refractivity contribution in [2.75, 3.05) is 47.6 Å². The molecule has 2 amide bonds. The fourth-order valence-electron chi connectivity index (χ4n) is 2.26. The van der Waals surface area contributed by atoms with Crippen molar-refractivity contribution in [2.24, 2.45) is 0 Å². The lowest BCUT2D eigenvalue weighted by Gasteiger charge is -2.07. The summed E-state index contributed by atoms with van der Waals surface area (Å²) in [4.78, 5) is 23.3. The highest BCUT2D eigenvalue weighted by Crippen LogP contribution is 2.11. The van der Waals surface area contributed by atoms with Crippen molar-refractivity contribution < 1.29 is 19.1 Å². The van der Waals surface area contributed by atoms with Crippen molar-refractivity contribution in [1.82, 2.24) is 10.6 Å². The first-order chi connectivity index (χ1) is 15.2. The summed E-state index contributed by atoms with van der Waals surface area (Å²) in [6, 6.07) is 18.1. The molecular formula is C22H28N2O4S3. The number of nitrogens with one attached hydrogen (secondary N) is 2. The van der Waals surface area contributed by atoms with Crippen LogP contribution in [0.25, 0.3) is 0 Å². The van der Waals surface area contributed by atoms with Gasteiger partial charge in [0.05, 0.1) is 0 Å². The Kier molecular flexibility index (Phi) is 13.6. The molecule has 0 heterocycles. The molecule has 0 radical (unpaired) electrons. The molecule has 0 fully saturated rings. The maximum absolute atomic E-state index is 11.6. The van der Waals surface area contributed by atoms with Gasteiger partial charge in [-0.3, -0.25) is 0 Å². The van der Waals surface area contributed by atoms with Gasteiger partial charge in [0.1, 0.15) is 11.5 Å². The number of rotatable bonds is 14. The second-order valence-electron chi connectivity index (χ2n) is 6.10. The van der Waals surface area contributed by atoms with Crippen molar-refractivity contribution in [2.45, 2.75) is 0 Å². The molecule has 2 N–H and O–H groups in total. The van der Waals surface area contributed by atoms with Crippen molar-refractivity contribution in [1.29, 1.82) is 0 Å². The van der Waals surface area contributed by atoms with E-state index in [1.807, 2.05) is 71.7 Å². The van der Waals surface area contributed by atoms with E-state index in [4.69, 9.17) is 9.47 Å². The SMILES string of the molecule is O=C(NCCSCCSCCSCCNC(=O)Oc1ccccc1)Oc1ccccc1. The van der Waals surface area contributed by atoms with E-state index >= 15 is 0 Å². The minimum absolute atomic E-state index is 0.416. The number of benzene rings is 2. The summed E-state index contributed by atoms with van der Waals surface area (Å²) in [6.45, 7) is 1.19. The van der Waals surface area contributed by atoms with E-state index in [1.54, 1.807) is 24.3 Å². The topological polar surface area (TPSA) is 76.7 Å². The predicted octanol–water partition coefficient (Wildman–Crippen LogP) is 4.76. The van der Waals surface area contributed by atoms with Gasteiger partial charge in [0.25, 0.3) is 0 Å². The highest BCUT2D eigenvalue weighted by atomic mass is 32.2. The number of thioether (sulfide) groups is 3. The standard InChI is InChI=1S/C22H28N2O4S3/c25-21(27-19-7-3-1-4-8-19)23-11-13-29-15-17-31-18-16-30-14-12-24-22(26)28-20-9-5-2-6-10-20/h1-10H,11-18H2,(H,23,25)(H,24,26). The number of hydrogen-bond donors (Lipinski definition) is 2. The minimum Gasteiger partial charge on any atom is -0.410 e. The minimum atomic E-state index is -0.416. The van der Waals surface area contributed by atoms with Crippen LogP contribution in [-0.2, 0) is 0 Å². The van der Waals surface area contributed by atoms with Crippen molar-refractivity contribution in [3.05, 3.63) is 60.7 Å². The second-order valence-corrected chi connectivity index (χ2v) is 9.77. The second kappa shape index (κ2) is 16.7. The summed E-state index contributed by atoms with van der Waals surface area (Å²) in [5, 5.41) is 5.50. The first-order valence-corrected chi connectivity index (χ1v) is 13.4. The normalized spacial score (nSPS) is 10.3. The van der Waals surface area contributed by atoms with Crippen LogP contribution in [0.15, 0.2) is 60.7 Å². The molecule has 0 bridgehead atoms. The third kappa shape index (κ3) is 13.1. The monoisotopic (exact) mass is 480 g/mol. The number of amides is 2. The summed E-state index contributed by atoms with van der Waals surface area (Å²) in [7, 11) is 0. The van der Waals surface area contributed by atoms with Gasteiger partial charge in [-0.05, 0) is 24.3 Å². The number of para-hydroxylation sites is 2. The van der Waals surface area contributed by atoms with E-state index in [-0.39, 0.29) is 0 Å². The van der Waals surface area contributed by atoms with Gasteiger partial charge in [0.15, 0.2) is 0 Å². The smallest absolute Gasteiger partial charge is 0.410 e.